The summed E-state index contributed by atoms with van der Waals surface area (Å²) in [6, 6.07) is 8.47. The molecule has 0 amide bonds. The molecule has 16 heavy (non-hydrogen) atoms. The van der Waals surface area contributed by atoms with E-state index in [0.717, 1.165) is 16.3 Å². The molecule has 4 heteroatoms. The molecule has 0 saturated carbocycles. The maximum absolute atomic E-state index is 9.75. The van der Waals surface area contributed by atoms with Gasteiger partial charge in [0.05, 0.1) is 6.61 Å². The molecule has 0 aliphatic heterocycles. The SMILES string of the molecule is NOCCc1c(O)ccc2ccc(O)cc12. The van der Waals surface area contributed by atoms with Crippen LogP contribution in [-0.4, -0.2) is 16.8 Å². The van der Waals surface area contributed by atoms with Crippen LogP contribution in [0.15, 0.2) is 30.3 Å². The molecule has 0 saturated heterocycles. The van der Waals surface area contributed by atoms with Crippen molar-refractivity contribution >= 4 is 10.8 Å². The van der Waals surface area contributed by atoms with Gasteiger partial charge in [-0.25, -0.2) is 5.90 Å². The van der Waals surface area contributed by atoms with Crippen LogP contribution in [0.1, 0.15) is 5.56 Å². The molecule has 4 N–H and O–H groups in total. The first-order valence-corrected chi connectivity index (χ1v) is 4.97. The summed E-state index contributed by atoms with van der Waals surface area (Å²) in [6.45, 7) is 0.322. The molecule has 0 aliphatic rings. The van der Waals surface area contributed by atoms with Crippen molar-refractivity contribution < 1.29 is 15.1 Å². The second-order valence-corrected chi connectivity index (χ2v) is 3.59. The summed E-state index contributed by atoms with van der Waals surface area (Å²) < 4.78 is 0. The van der Waals surface area contributed by atoms with Crippen molar-refractivity contribution in [1.82, 2.24) is 0 Å². The van der Waals surface area contributed by atoms with Crippen LogP contribution in [0.4, 0.5) is 0 Å². The minimum atomic E-state index is 0.174. The molecule has 0 aromatic heterocycles. The van der Waals surface area contributed by atoms with Crippen LogP contribution in [0.5, 0.6) is 11.5 Å². The first kappa shape index (κ1) is 10.7. The van der Waals surface area contributed by atoms with Crippen molar-refractivity contribution in [3.8, 4) is 11.5 Å². The van der Waals surface area contributed by atoms with Crippen molar-refractivity contribution in [2.45, 2.75) is 6.42 Å². The van der Waals surface area contributed by atoms with Crippen molar-refractivity contribution in [3.63, 3.8) is 0 Å². The Kier molecular flexibility index (Phi) is 2.94. The van der Waals surface area contributed by atoms with E-state index in [4.69, 9.17) is 5.90 Å². The number of hydrogen-bond donors (Lipinski definition) is 3. The summed E-state index contributed by atoms with van der Waals surface area (Å²) in [5.74, 6) is 5.33. The van der Waals surface area contributed by atoms with Gasteiger partial charge in [0.2, 0.25) is 0 Å². The third-order valence-corrected chi connectivity index (χ3v) is 2.56. The Morgan fingerprint density at radius 3 is 2.62 bits per heavy atom. The molecule has 84 valence electrons. The molecule has 0 unspecified atom stereocenters. The Morgan fingerprint density at radius 2 is 1.88 bits per heavy atom. The van der Waals surface area contributed by atoms with Crippen LogP contribution in [-0.2, 0) is 11.3 Å². The second-order valence-electron chi connectivity index (χ2n) is 3.59. The zero-order valence-electron chi connectivity index (χ0n) is 8.68. The van der Waals surface area contributed by atoms with Gasteiger partial charge < -0.3 is 15.1 Å². The summed E-state index contributed by atoms with van der Waals surface area (Å²) >= 11 is 0. The molecule has 0 radical (unpaired) electrons. The fourth-order valence-corrected chi connectivity index (χ4v) is 1.78. The maximum Gasteiger partial charge on any atom is 0.119 e. The van der Waals surface area contributed by atoms with E-state index in [1.807, 2.05) is 0 Å². The topological polar surface area (TPSA) is 75.7 Å². The number of nitrogens with two attached hydrogens (primary N) is 1. The maximum atomic E-state index is 9.75. The summed E-state index contributed by atoms with van der Waals surface area (Å²) in [7, 11) is 0. The molecule has 2 rings (SSSR count). The average Bonchev–Trinajstić information content (AvgIpc) is 2.28. The Morgan fingerprint density at radius 1 is 1.12 bits per heavy atom. The highest BCUT2D eigenvalue weighted by molar-refractivity contribution is 5.88. The molecule has 0 fully saturated rings. The minimum absolute atomic E-state index is 0.174. The Hall–Kier alpha value is -1.78. The van der Waals surface area contributed by atoms with Gasteiger partial charge in [0.1, 0.15) is 11.5 Å². The highest BCUT2D eigenvalue weighted by Crippen LogP contribution is 2.29. The first-order chi connectivity index (χ1) is 7.72. The van der Waals surface area contributed by atoms with Gasteiger partial charge in [0, 0.05) is 12.0 Å². The molecule has 0 aliphatic carbocycles. The highest BCUT2D eigenvalue weighted by atomic mass is 16.6. The lowest BCUT2D eigenvalue weighted by atomic mass is 10.0. The fraction of sp³-hybridized carbons (Fsp3) is 0.167. The number of hydrogen-bond acceptors (Lipinski definition) is 4. The van der Waals surface area contributed by atoms with Crippen molar-refractivity contribution in [2.24, 2.45) is 5.90 Å². The molecular weight excluding hydrogens is 206 g/mol. The number of phenols is 2. The first-order valence-electron chi connectivity index (χ1n) is 4.97. The molecule has 2 aromatic carbocycles. The van der Waals surface area contributed by atoms with E-state index in [-0.39, 0.29) is 11.5 Å². The summed E-state index contributed by atoms with van der Waals surface area (Å²) in [4.78, 5) is 4.51. The largest absolute Gasteiger partial charge is 0.508 e. The van der Waals surface area contributed by atoms with Crippen LogP contribution in [0.25, 0.3) is 10.8 Å². The lowest BCUT2D eigenvalue weighted by Crippen LogP contribution is -2.04. The third kappa shape index (κ3) is 1.93. The van der Waals surface area contributed by atoms with Crippen molar-refractivity contribution in [1.29, 1.82) is 0 Å². The lowest BCUT2D eigenvalue weighted by molar-refractivity contribution is 0.141. The van der Waals surface area contributed by atoms with E-state index in [1.54, 1.807) is 30.3 Å². The predicted molar refractivity (Wildman–Crippen MR) is 61.1 cm³/mol. The molecule has 0 bridgehead atoms. The Balaban J connectivity index is 2.58. The normalized spacial score (nSPS) is 10.8. The molecular formula is C12H13NO3. The lowest BCUT2D eigenvalue weighted by Gasteiger charge is -2.08. The molecule has 2 aromatic rings. The number of fused-ring (bicyclic) bond motifs is 1. The number of aromatic hydroxyl groups is 2. The zero-order valence-corrected chi connectivity index (χ0v) is 8.68. The van der Waals surface area contributed by atoms with E-state index in [9.17, 15) is 10.2 Å². The van der Waals surface area contributed by atoms with Crippen LogP contribution in [0.2, 0.25) is 0 Å². The van der Waals surface area contributed by atoms with Crippen LogP contribution in [0, 0.1) is 0 Å². The van der Waals surface area contributed by atoms with Gasteiger partial charge >= 0.3 is 0 Å². The van der Waals surface area contributed by atoms with E-state index >= 15 is 0 Å². The Labute approximate surface area is 92.8 Å². The molecule has 0 heterocycles. The van der Waals surface area contributed by atoms with E-state index in [0.29, 0.717) is 13.0 Å². The van der Waals surface area contributed by atoms with E-state index in [2.05, 4.69) is 4.84 Å². The van der Waals surface area contributed by atoms with Gasteiger partial charge in [-0.2, -0.15) is 0 Å². The Bertz CT molecular complexity index is 506. The quantitative estimate of drug-likeness (QED) is 0.686. The molecule has 0 spiro atoms. The minimum Gasteiger partial charge on any atom is -0.508 e. The fourth-order valence-electron chi connectivity index (χ4n) is 1.78. The van der Waals surface area contributed by atoms with Gasteiger partial charge in [0.15, 0.2) is 0 Å². The summed E-state index contributed by atoms with van der Waals surface area (Å²) in [5, 5.41) is 21.0. The van der Waals surface area contributed by atoms with Gasteiger partial charge in [-0.1, -0.05) is 12.1 Å². The van der Waals surface area contributed by atoms with E-state index in [1.165, 1.54) is 0 Å². The van der Waals surface area contributed by atoms with Crippen LogP contribution >= 0.6 is 0 Å². The number of phenolic OH excluding ortho intramolecular Hbond substituents is 2. The number of rotatable bonds is 3. The van der Waals surface area contributed by atoms with Crippen LogP contribution < -0.4 is 5.90 Å². The standard InChI is InChI=1S/C12H13NO3/c13-16-6-5-10-11-7-9(14)3-1-8(11)2-4-12(10)15/h1-4,7,14-15H,5-6,13H2. The summed E-state index contributed by atoms with van der Waals surface area (Å²) in [6.07, 6.45) is 0.503. The zero-order chi connectivity index (χ0) is 11.5. The summed E-state index contributed by atoms with van der Waals surface area (Å²) in [5.41, 5.74) is 0.735. The van der Waals surface area contributed by atoms with Crippen LogP contribution in [0.3, 0.4) is 0 Å². The van der Waals surface area contributed by atoms with E-state index < -0.39 is 0 Å². The molecule has 0 atom stereocenters. The third-order valence-electron chi connectivity index (χ3n) is 2.56. The number of benzene rings is 2. The molecule has 4 nitrogen and oxygen atoms in total. The average molecular weight is 219 g/mol. The van der Waals surface area contributed by atoms with Crippen molar-refractivity contribution in [2.75, 3.05) is 6.61 Å². The van der Waals surface area contributed by atoms with Gasteiger partial charge in [0.25, 0.3) is 0 Å². The highest BCUT2D eigenvalue weighted by Gasteiger charge is 2.07. The van der Waals surface area contributed by atoms with Crippen molar-refractivity contribution in [3.05, 3.63) is 35.9 Å². The smallest absolute Gasteiger partial charge is 0.119 e. The second kappa shape index (κ2) is 4.38. The van der Waals surface area contributed by atoms with Gasteiger partial charge in [-0.3, -0.25) is 0 Å². The predicted octanol–water partition coefficient (Wildman–Crippen LogP) is 1.68. The van der Waals surface area contributed by atoms with Gasteiger partial charge in [-0.15, -0.1) is 0 Å². The van der Waals surface area contributed by atoms with Gasteiger partial charge in [-0.05, 0) is 29.0 Å². The monoisotopic (exact) mass is 219 g/mol.